The molecule has 0 unspecified atom stereocenters. The van der Waals surface area contributed by atoms with Crippen molar-refractivity contribution in [2.45, 2.75) is 20.3 Å². The third kappa shape index (κ3) is 2.15. The highest BCUT2D eigenvalue weighted by Crippen LogP contribution is 2.28. The molecule has 0 aliphatic rings. The fraction of sp³-hybridized carbons (Fsp3) is 0.300. The van der Waals surface area contributed by atoms with Crippen LogP contribution in [0.15, 0.2) is 18.2 Å². The van der Waals surface area contributed by atoms with Crippen LogP contribution in [0.5, 0.6) is 0 Å². The molecule has 0 atom stereocenters. The van der Waals surface area contributed by atoms with Crippen molar-refractivity contribution in [2.75, 3.05) is 0 Å². The Balaban J connectivity index is 3.01. The molecule has 1 aromatic carbocycles. The van der Waals surface area contributed by atoms with Gasteiger partial charge in [0.25, 0.3) is 0 Å². The number of hydrogen-bond donors (Lipinski definition) is 0. The number of hydrogen-bond acceptors (Lipinski definition) is 0. The van der Waals surface area contributed by atoms with Crippen LogP contribution in [0.1, 0.15) is 25.8 Å². The van der Waals surface area contributed by atoms with Gasteiger partial charge in [0.05, 0.1) is 0 Å². The van der Waals surface area contributed by atoms with Gasteiger partial charge < -0.3 is 0 Å². The fourth-order valence-electron chi connectivity index (χ4n) is 1.03. The molecule has 0 amide bonds. The monoisotopic (exact) mass is 201 g/mol. The summed E-state index contributed by atoms with van der Waals surface area (Å²) >= 11 is 11.8. The van der Waals surface area contributed by atoms with Gasteiger partial charge in [-0.2, -0.15) is 0 Å². The zero-order valence-corrected chi connectivity index (χ0v) is 8.71. The summed E-state index contributed by atoms with van der Waals surface area (Å²) < 4.78 is 0. The van der Waals surface area contributed by atoms with Crippen LogP contribution < -0.4 is 0 Å². The third-order valence-corrected chi connectivity index (χ3v) is 2.47. The molecule has 12 heavy (non-hydrogen) atoms. The van der Waals surface area contributed by atoms with Gasteiger partial charge in [0.15, 0.2) is 0 Å². The Kier molecular flexibility index (Phi) is 3.42. The second-order valence-corrected chi connectivity index (χ2v) is 3.60. The van der Waals surface area contributed by atoms with Crippen molar-refractivity contribution in [2.24, 2.45) is 0 Å². The molecule has 1 aromatic rings. The van der Waals surface area contributed by atoms with Gasteiger partial charge in [0.2, 0.25) is 0 Å². The SMILES string of the molecule is CC[C](C)c1ccc(Cl)cc1Cl. The van der Waals surface area contributed by atoms with E-state index in [0.717, 1.165) is 17.0 Å². The molecule has 0 saturated heterocycles. The number of benzene rings is 1. The maximum atomic E-state index is 6.00. The average molecular weight is 202 g/mol. The van der Waals surface area contributed by atoms with Crippen LogP contribution in [0.3, 0.4) is 0 Å². The molecule has 1 radical (unpaired) electrons. The summed E-state index contributed by atoms with van der Waals surface area (Å²) in [5.41, 5.74) is 1.10. The summed E-state index contributed by atoms with van der Waals surface area (Å²) in [7, 11) is 0. The summed E-state index contributed by atoms with van der Waals surface area (Å²) in [5.74, 6) is 1.29. The topological polar surface area (TPSA) is 0 Å². The molecule has 0 aromatic heterocycles. The lowest BCUT2D eigenvalue weighted by molar-refractivity contribution is 0.958. The molecule has 65 valence electrons. The van der Waals surface area contributed by atoms with Gasteiger partial charge in [-0.15, -0.1) is 0 Å². The lowest BCUT2D eigenvalue weighted by Gasteiger charge is -2.09. The molecule has 0 N–H and O–H groups in total. The molecule has 0 nitrogen and oxygen atoms in total. The predicted octanol–water partition coefficient (Wildman–Crippen LogP) is 4.35. The molecule has 0 bridgehead atoms. The van der Waals surface area contributed by atoms with E-state index in [1.807, 2.05) is 12.1 Å². The van der Waals surface area contributed by atoms with E-state index in [-0.39, 0.29) is 0 Å². The Morgan fingerprint density at radius 1 is 1.33 bits per heavy atom. The third-order valence-electron chi connectivity index (χ3n) is 1.92. The molecule has 0 fully saturated rings. The number of rotatable bonds is 2. The van der Waals surface area contributed by atoms with E-state index in [1.165, 1.54) is 5.92 Å². The Morgan fingerprint density at radius 2 is 2.00 bits per heavy atom. The Morgan fingerprint density at radius 3 is 2.50 bits per heavy atom. The lowest BCUT2D eigenvalue weighted by atomic mass is 9.99. The van der Waals surface area contributed by atoms with Crippen molar-refractivity contribution < 1.29 is 0 Å². The standard InChI is InChI=1S/C10H11Cl2/c1-3-7(2)9-5-4-8(11)6-10(9)12/h4-6H,3H2,1-2H3. The van der Waals surface area contributed by atoms with Gasteiger partial charge in [0, 0.05) is 16.0 Å². The summed E-state index contributed by atoms with van der Waals surface area (Å²) in [5, 5.41) is 1.43. The summed E-state index contributed by atoms with van der Waals surface area (Å²) in [6.45, 7) is 4.19. The van der Waals surface area contributed by atoms with E-state index in [0.29, 0.717) is 5.02 Å². The highest BCUT2D eigenvalue weighted by molar-refractivity contribution is 6.35. The van der Waals surface area contributed by atoms with Gasteiger partial charge in [-0.3, -0.25) is 0 Å². The van der Waals surface area contributed by atoms with Crippen LogP contribution in [0.4, 0.5) is 0 Å². The maximum absolute atomic E-state index is 6.00. The summed E-state index contributed by atoms with van der Waals surface area (Å²) in [6.07, 6.45) is 1.02. The molecular weight excluding hydrogens is 191 g/mol. The normalized spacial score (nSPS) is 10.8. The van der Waals surface area contributed by atoms with Gasteiger partial charge in [-0.25, -0.2) is 0 Å². The van der Waals surface area contributed by atoms with Crippen LogP contribution in [0, 0.1) is 5.92 Å². The second kappa shape index (κ2) is 4.15. The van der Waals surface area contributed by atoms with Crippen LogP contribution in [0.25, 0.3) is 0 Å². The van der Waals surface area contributed by atoms with Crippen molar-refractivity contribution >= 4 is 23.2 Å². The summed E-state index contributed by atoms with van der Waals surface area (Å²) in [6, 6.07) is 5.60. The van der Waals surface area contributed by atoms with Crippen molar-refractivity contribution in [1.29, 1.82) is 0 Å². The molecule has 0 aliphatic heterocycles. The molecule has 0 aliphatic carbocycles. The van der Waals surface area contributed by atoms with E-state index in [4.69, 9.17) is 23.2 Å². The minimum atomic E-state index is 0.688. The van der Waals surface area contributed by atoms with Crippen molar-refractivity contribution in [1.82, 2.24) is 0 Å². The van der Waals surface area contributed by atoms with Crippen LogP contribution in [0.2, 0.25) is 10.0 Å². The second-order valence-electron chi connectivity index (χ2n) is 2.76. The van der Waals surface area contributed by atoms with Gasteiger partial charge in [-0.05, 0) is 24.1 Å². The summed E-state index contributed by atoms with van der Waals surface area (Å²) in [4.78, 5) is 0. The van der Waals surface area contributed by atoms with Crippen LogP contribution in [-0.2, 0) is 0 Å². The first kappa shape index (κ1) is 9.88. The molecule has 1 rings (SSSR count). The lowest BCUT2D eigenvalue weighted by Crippen LogP contribution is -1.92. The highest BCUT2D eigenvalue weighted by Gasteiger charge is 2.07. The zero-order valence-electron chi connectivity index (χ0n) is 7.20. The minimum Gasteiger partial charge on any atom is -0.0843 e. The van der Waals surface area contributed by atoms with E-state index < -0.39 is 0 Å². The Hall–Kier alpha value is -0.200. The maximum Gasteiger partial charge on any atom is 0.0458 e. The Labute approximate surface area is 83.5 Å². The van der Waals surface area contributed by atoms with Crippen molar-refractivity contribution in [3.63, 3.8) is 0 Å². The Bertz CT molecular complexity index is 269. The molecule has 0 saturated carbocycles. The average Bonchev–Trinajstić information content (AvgIpc) is 2.03. The molecule has 0 heterocycles. The fourth-order valence-corrected chi connectivity index (χ4v) is 1.60. The highest BCUT2D eigenvalue weighted by atomic mass is 35.5. The first-order valence-corrected chi connectivity index (χ1v) is 4.68. The van der Waals surface area contributed by atoms with E-state index in [2.05, 4.69) is 13.8 Å². The largest absolute Gasteiger partial charge is 0.0843 e. The molecule has 2 heteroatoms. The quantitative estimate of drug-likeness (QED) is 0.668. The van der Waals surface area contributed by atoms with Crippen molar-refractivity contribution in [3.8, 4) is 0 Å². The minimum absolute atomic E-state index is 0.688. The molecule has 0 spiro atoms. The first-order chi connectivity index (χ1) is 5.65. The van der Waals surface area contributed by atoms with E-state index >= 15 is 0 Å². The van der Waals surface area contributed by atoms with Gasteiger partial charge >= 0.3 is 0 Å². The van der Waals surface area contributed by atoms with Gasteiger partial charge in [0.1, 0.15) is 0 Å². The number of halogens is 2. The first-order valence-electron chi connectivity index (χ1n) is 3.93. The smallest absolute Gasteiger partial charge is 0.0458 e. The predicted molar refractivity (Wildman–Crippen MR) is 54.8 cm³/mol. The van der Waals surface area contributed by atoms with Crippen LogP contribution >= 0.6 is 23.2 Å². The van der Waals surface area contributed by atoms with Gasteiger partial charge in [-0.1, -0.05) is 43.1 Å². The van der Waals surface area contributed by atoms with Crippen molar-refractivity contribution in [3.05, 3.63) is 39.7 Å². The van der Waals surface area contributed by atoms with E-state index in [1.54, 1.807) is 6.07 Å². The van der Waals surface area contributed by atoms with E-state index in [9.17, 15) is 0 Å². The molecular formula is C10H11Cl2. The zero-order chi connectivity index (χ0) is 9.14. The van der Waals surface area contributed by atoms with Crippen LogP contribution in [-0.4, -0.2) is 0 Å².